The van der Waals surface area contributed by atoms with Gasteiger partial charge in [-0.3, -0.25) is 14.9 Å². The van der Waals surface area contributed by atoms with Crippen LogP contribution in [0.3, 0.4) is 0 Å². The van der Waals surface area contributed by atoms with Gasteiger partial charge in [0, 0.05) is 4.47 Å². The Morgan fingerprint density at radius 2 is 1.75 bits per heavy atom. The largest absolute Gasteiger partial charge is 0.508 e. The third-order valence-corrected chi connectivity index (χ3v) is 3.86. The number of aromatic hydroxyl groups is 1. The van der Waals surface area contributed by atoms with Crippen LogP contribution < -0.4 is 10.2 Å². The van der Waals surface area contributed by atoms with Gasteiger partial charge in [0.2, 0.25) is 0 Å². The summed E-state index contributed by atoms with van der Waals surface area (Å²) in [7, 11) is 0. The smallest absolute Gasteiger partial charge is 0.335 e. The fourth-order valence-electron chi connectivity index (χ4n) is 2.26. The number of carbonyl (C=O) groups excluding carboxylic acids is 3. The van der Waals surface area contributed by atoms with E-state index in [1.807, 2.05) is 6.07 Å². The van der Waals surface area contributed by atoms with Crippen molar-refractivity contribution in [1.82, 2.24) is 5.32 Å². The third-order valence-electron chi connectivity index (χ3n) is 3.37. The minimum absolute atomic E-state index is 0.00425. The number of imide groups is 2. The maximum atomic E-state index is 12.6. The van der Waals surface area contributed by atoms with Crippen LogP contribution in [0.1, 0.15) is 5.56 Å². The fraction of sp³-hybridized carbons (Fsp3) is 0. The molecule has 3 rings (SSSR count). The van der Waals surface area contributed by atoms with Crippen LogP contribution in [0, 0.1) is 0 Å². The van der Waals surface area contributed by atoms with Gasteiger partial charge < -0.3 is 5.11 Å². The number of anilines is 1. The van der Waals surface area contributed by atoms with Crippen molar-refractivity contribution < 1.29 is 19.5 Å². The van der Waals surface area contributed by atoms with Crippen molar-refractivity contribution in [3.05, 3.63) is 64.1 Å². The number of carbonyl (C=O) groups is 3. The van der Waals surface area contributed by atoms with E-state index in [0.717, 1.165) is 9.37 Å². The Hall–Kier alpha value is -2.93. The SMILES string of the molecule is O=C1NC(=O)N(c2ccc(O)cc2)C(=O)/C1=C/c1cccc(Br)c1. The van der Waals surface area contributed by atoms with Crippen LogP contribution in [0.5, 0.6) is 5.75 Å². The molecule has 0 atom stereocenters. The van der Waals surface area contributed by atoms with Gasteiger partial charge in [0.15, 0.2) is 0 Å². The summed E-state index contributed by atoms with van der Waals surface area (Å²) < 4.78 is 0.798. The molecule has 0 spiro atoms. The lowest BCUT2D eigenvalue weighted by molar-refractivity contribution is -0.122. The van der Waals surface area contributed by atoms with E-state index < -0.39 is 17.8 Å². The fourth-order valence-corrected chi connectivity index (χ4v) is 2.67. The topological polar surface area (TPSA) is 86.7 Å². The van der Waals surface area contributed by atoms with Crippen molar-refractivity contribution >= 4 is 45.5 Å². The Morgan fingerprint density at radius 3 is 2.42 bits per heavy atom. The molecule has 1 fully saturated rings. The van der Waals surface area contributed by atoms with Crippen molar-refractivity contribution in [3.8, 4) is 5.75 Å². The van der Waals surface area contributed by atoms with Crippen LogP contribution in [0.15, 0.2) is 58.6 Å². The normalized spacial score (nSPS) is 16.5. The van der Waals surface area contributed by atoms with Gasteiger partial charge in [-0.05, 0) is 48.0 Å². The molecule has 4 amide bonds. The summed E-state index contributed by atoms with van der Waals surface area (Å²) in [4.78, 5) is 37.5. The second-order valence-electron chi connectivity index (χ2n) is 5.03. The average molecular weight is 387 g/mol. The highest BCUT2D eigenvalue weighted by molar-refractivity contribution is 9.10. The van der Waals surface area contributed by atoms with Crippen molar-refractivity contribution in [2.75, 3.05) is 4.90 Å². The number of barbiturate groups is 1. The third kappa shape index (κ3) is 3.07. The summed E-state index contributed by atoms with van der Waals surface area (Å²) in [5.74, 6) is -1.47. The molecule has 0 radical (unpaired) electrons. The van der Waals surface area contributed by atoms with Gasteiger partial charge >= 0.3 is 6.03 Å². The summed E-state index contributed by atoms with van der Waals surface area (Å²) in [6.07, 6.45) is 1.42. The number of halogens is 1. The van der Waals surface area contributed by atoms with Crippen LogP contribution in [0.2, 0.25) is 0 Å². The van der Waals surface area contributed by atoms with E-state index in [9.17, 15) is 19.5 Å². The van der Waals surface area contributed by atoms with Gasteiger partial charge in [-0.2, -0.15) is 0 Å². The molecule has 0 unspecified atom stereocenters. The Morgan fingerprint density at radius 1 is 1.04 bits per heavy atom. The molecule has 120 valence electrons. The molecule has 1 aliphatic rings. The molecule has 2 aromatic carbocycles. The van der Waals surface area contributed by atoms with Crippen molar-refractivity contribution in [3.63, 3.8) is 0 Å². The maximum absolute atomic E-state index is 12.6. The van der Waals surface area contributed by atoms with E-state index in [0.29, 0.717) is 5.56 Å². The Kier molecular flexibility index (Phi) is 4.18. The predicted octanol–water partition coefficient (Wildman–Crippen LogP) is 2.82. The molecule has 0 saturated carbocycles. The van der Waals surface area contributed by atoms with E-state index >= 15 is 0 Å². The van der Waals surface area contributed by atoms with Crippen LogP contribution in [-0.2, 0) is 9.59 Å². The van der Waals surface area contributed by atoms with E-state index in [-0.39, 0.29) is 17.0 Å². The number of urea groups is 1. The lowest BCUT2D eigenvalue weighted by atomic mass is 10.1. The zero-order valence-electron chi connectivity index (χ0n) is 12.2. The lowest BCUT2D eigenvalue weighted by Crippen LogP contribution is -2.54. The molecule has 0 bridgehead atoms. The molecular formula is C17H11BrN2O4. The molecule has 7 heteroatoms. The Balaban J connectivity index is 2.01. The average Bonchev–Trinajstić information content (AvgIpc) is 2.53. The Bertz CT molecular complexity index is 874. The van der Waals surface area contributed by atoms with E-state index in [1.54, 1.807) is 18.2 Å². The van der Waals surface area contributed by atoms with Crippen LogP contribution in [-0.4, -0.2) is 23.0 Å². The highest BCUT2D eigenvalue weighted by Crippen LogP contribution is 2.24. The summed E-state index contributed by atoms with van der Waals surface area (Å²) in [6, 6.07) is 11.8. The number of amides is 4. The van der Waals surface area contributed by atoms with Crippen LogP contribution >= 0.6 is 15.9 Å². The van der Waals surface area contributed by atoms with Crippen LogP contribution in [0.25, 0.3) is 6.08 Å². The zero-order valence-corrected chi connectivity index (χ0v) is 13.8. The van der Waals surface area contributed by atoms with Crippen molar-refractivity contribution in [2.24, 2.45) is 0 Å². The van der Waals surface area contributed by atoms with E-state index in [1.165, 1.54) is 30.3 Å². The van der Waals surface area contributed by atoms with E-state index in [4.69, 9.17) is 0 Å². The molecule has 2 aromatic rings. The highest BCUT2D eigenvalue weighted by Gasteiger charge is 2.36. The summed E-state index contributed by atoms with van der Waals surface area (Å²) in [5, 5.41) is 11.5. The number of hydrogen-bond acceptors (Lipinski definition) is 4. The first-order valence-corrected chi connectivity index (χ1v) is 7.71. The Labute approximate surface area is 145 Å². The molecule has 0 aliphatic carbocycles. The van der Waals surface area contributed by atoms with Gasteiger partial charge in [-0.15, -0.1) is 0 Å². The quantitative estimate of drug-likeness (QED) is 0.613. The predicted molar refractivity (Wildman–Crippen MR) is 91.3 cm³/mol. The highest BCUT2D eigenvalue weighted by atomic mass is 79.9. The molecule has 0 aromatic heterocycles. The van der Waals surface area contributed by atoms with Crippen LogP contribution in [0.4, 0.5) is 10.5 Å². The molecule has 2 N–H and O–H groups in total. The monoisotopic (exact) mass is 386 g/mol. The van der Waals surface area contributed by atoms with Gasteiger partial charge in [-0.1, -0.05) is 28.1 Å². The van der Waals surface area contributed by atoms with Crippen molar-refractivity contribution in [2.45, 2.75) is 0 Å². The summed E-state index contributed by atoms with van der Waals surface area (Å²) >= 11 is 3.32. The maximum Gasteiger partial charge on any atom is 0.335 e. The lowest BCUT2D eigenvalue weighted by Gasteiger charge is -2.26. The molecule has 1 saturated heterocycles. The standard InChI is InChI=1S/C17H11BrN2O4/c18-11-3-1-2-10(8-11)9-14-15(22)19-17(24)20(16(14)23)12-4-6-13(21)7-5-12/h1-9,21H,(H,19,22,24)/b14-9+. The molecule has 1 aliphatic heterocycles. The number of nitrogens with one attached hydrogen (secondary N) is 1. The summed E-state index contributed by atoms with van der Waals surface area (Å²) in [6.45, 7) is 0. The molecule has 24 heavy (non-hydrogen) atoms. The number of rotatable bonds is 2. The second kappa shape index (κ2) is 6.29. The van der Waals surface area contributed by atoms with Crippen molar-refractivity contribution in [1.29, 1.82) is 0 Å². The van der Waals surface area contributed by atoms with E-state index in [2.05, 4.69) is 21.2 Å². The number of hydrogen-bond donors (Lipinski definition) is 2. The minimum atomic E-state index is -0.831. The molecular weight excluding hydrogens is 376 g/mol. The first kappa shape index (κ1) is 15.9. The van der Waals surface area contributed by atoms with Gasteiger partial charge in [0.1, 0.15) is 11.3 Å². The molecule has 1 heterocycles. The summed E-state index contributed by atoms with van der Waals surface area (Å²) in [5.41, 5.74) is 0.742. The first-order chi connectivity index (χ1) is 11.5. The number of nitrogens with zero attached hydrogens (tertiary/aromatic N) is 1. The number of benzene rings is 2. The number of phenols is 1. The minimum Gasteiger partial charge on any atom is -0.508 e. The zero-order chi connectivity index (χ0) is 17.3. The second-order valence-corrected chi connectivity index (χ2v) is 5.94. The first-order valence-electron chi connectivity index (χ1n) is 6.92. The van der Waals surface area contributed by atoms with Gasteiger partial charge in [-0.25, -0.2) is 9.69 Å². The molecule has 6 nitrogen and oxygen atoms in total. The van der Waals surface area contributed by atoms with Gasteiger partial charge in [0.05, 0.1) is 5.69 Å². The number of phenolic OH excluding ortho intramolecular Hbond substituents is 1. The van der Waals surface area contributed by atoms with Gasteiger partial charge in [0.25, 0.3) is 11.8 Å².